The van der Waals surface area contributed by atoms with E-state index in [-0.39, 0.29) is 18.4 Å². The van der Waals surface area contributed by atoms with Crippen LogP contribution >= 0.6 is 0 Å². The molecule has 3 rings (SSSR count). The molecule has 2 aliphatic carbocycles. The Morgan fingerprint density at radius 3 is 2.04 bits per heavy atom. The zero-order valence-corrected chi connectivity index (χ0v) is 13.8. The van der Waals surface area contributed by atoms with Crippen molar-refractivity contribution in [3.63, 3.8) is 0 Å². The van der Waals surface area contributed by atoms with E-state index >= 15 is 0 Å². The van der Waals surface area contributed by atoms with E-state index in [0.29, 0.717) is 0 Å². The van der Waals surface area contributed by atoms with E-state index in [9.17, 15) is 26.3 Å². The summed E-state index contributed by atoms with van der Waals surface area (Å²) in [6.45, 7) is 0. The zero-order chi connectivity index (χ0) is 18.4. The summed E-state index contributed by atoms with van der Waals surface area (Å²) >= 11 is 0. The van der Waals surface area contributed by atoms with Crippen molar-refractivity contribution in [1.82, 2.24) is 10.6 Å². The molecule has 5 unspecified atom stereocenters. The molecule has 3 aliphatic rings. The van der Waals surface area contributed by atoms with Crippen LogP contribution in [0.25, 0.3) is 0 Å². The largest absolute Gasteiger partial charge is 0.393 e. The number of nitrogens with one attached hydrogen (secondary N) is 2. The smallest absolute Gasteiger partial charge is 0.325 e. The fraction of sp³-hybridized carbons (Fsp3) is 1.00. The average Bonchev–Trinajstić information content (AvgIpc) is 2.96. The van der Waals surface area contributed by atoms with Crippen LogP contribution in [0.15, 0.2) is 0 Å². The number of halogens is 6. The number of fused-ring (bicyclic) bond motifs is 1. The molecule has 0 bridgehead atoms. The first-order valence-electron chi connectivity index (χ1n) is 8.98. The Bertz CT molecular complexity index is 460. The second-order valence-electron chi connectivity index (χ2n) is 7.78. The molecule has 0 aromatic rings. The molecule has 0 aromatic heterocycles. The van der Waals surface area contributed by atoms with Crippen LogP contribution in [-0.2, 0) is 0 Å². The summed E-state index contributed by atoms with van der Waals surface area (Å²) in [6.07, 6.45) is -6.02. The summed E-state index contributed by atoms with van der Waals surface area (Å²) in [5.41, 5.74) is 6.25. The minimum atomic E-state index is -4.66. The summed E-state index contributed by atoms with van der Waals surface area (Å²) in [5, 5.41) is 5.85. The summed E-state index contributed by atoms with van der Waals surface area (Å²) in [4.78, 5) is 0. The van der Waals surface area contributed by atoms with Crippen molar-refractivity contribution in [2.24, 2.45) is 23.5 Å². The third-order valence-corrected chi connectivity index (χ3v) is 6.17. The van der Waals surface area contributed by atoms with Gasteiger partial charge in [0.1, 0.15) is 0 Å². The average molecular weight is 373 g/mol. The van der Waals surface area contributed by atoms with Crippen LogP contribution in [0.4, 0.5) is 26.3 Å². The Morgan fingerprint density at radius 1 is 0.840 bits per heavy atom. The van der Waals surface area contributed by atoms with E-state index < -0.39 is 48.9 Å². The van der Waals surface area contributed by atoms with Gasteiger partial charge in [-0.3, -0.25) is 10.6 Å². The van der Waals surface area contributed by atoms with Crippen molar-refractivity contribution in [2.45, 2.75) is 81.6 Å². The predicted octanol–water partition coefficient (Wildman–Crippen LogP) is 3.30. The van der Waals surface area contributed by atoms with E-state index in [4.69, 9.17) is 5.73 Å². The molecule has 0 aromatic carbocycles. The Morgan fingerprint density at radius 2 is 1.48 bits per heavy atom. The van der Waals surface area contributed by atoms with Crippen LogP contribution in [0.3, 0.4) is 0 Å². The first-order chi connectivity index (χ1) is 11.6. The fourth-order valence-corrected chi connectivity index (χ4v) is 4.79. The summed E-state index contributed by atoms with van der Waals surface area (Å²) < 4.78 is 79.3. The molecule has 1 saturated heterocycles. The molecule has 3 fully saturated rings. The van der Waals surface area contributed by atoms with Crippen LogP contribution in [0.2, 0.25) is 0 Å². The Kier molecular flexibility index (Phi) is 5.30. The highest BCUT2D eigenvalue weighted by Gasteiger charge is 2.59. The van der Waals surface area contributed by atoms with E-state index in [1.54, 1.807) is 0 Å². The maximum Gasteiger partial charge on any atom is 0.393 e. The molecule has 0 amide bonds. The second kappa shape index (κ2) is 6.88. The van der Waals surface area contributed by atoms with Gasteiger partial charge in [0.15, 0.2) is 0 Å². The van der Waals surface area contributed by atoms with E-state index in [2.05, 4.69) is 10.6 Å². The van der Waals surface area contributed by atoms with Gasteiger partial charge in [-0.2, -0.15) is 26.3 Å². The molecule has 3 nitrogen and oxygen atoms in total. The monoisotopic (exact) mass is 373 g/mol. The van der Waals surface area contributed by atoms with Crippen LogP contribution < -0.4 is 16.4 Å². The Balaban J connectivity index is 1.74. The highest BCUT2D eigenvalue weighted by Crippen LogP contribution is 2.47. The lowest BCUT2D eigenvalue weighted by Gasteiger charge is -2.39. The number of rotatable bonds is 2. The lowest BCUT2D eigenvalue weighted by molar-refractivity contribution is -0.228. The van der Waals surface area contributed by atoms with Crippen LogP contribution in [0.5, 0.6) is 0 Å². The molecule has 6 atom stereocenters. The molecular weight excluding hydrogens is 348 g/mol. The van der Waals surface area contributed by atoms with Gasteiger partial charge in [-0.15, -0.1) is 0 Å². The summed E-state index contributed by atoms with van der Waals surface area (Å²) in [7, 11) is 0. The molecule has 146 valence electrons. The van der Waals surface area contributed by atoms with Crippen molar-refractivity contribution in [3.05, 3.63) is 0 Å². The standard InChI is InChI=1S/C16H25F6N3/c17-15(18,19)9-6-10(16(20,21)22)13-11(7-9)24-14(25-13)12(23)8-4-2-1-3-5-8/h8-14,24-25H,1-7,23H2/t9?,10?,11?,12-,13?,14?/m1/s1. The third kappa shape index (κ3) is 4.08. The van der Waals surface area contributed by atoms with Crippen LogP contribution in [-0.4, -0.2) is 36.6 Å². The van der Waals surface area contributed by atoms with Crippen LogP contribution in [0.1, 0.15) is 44.9 Å². The number of nitrogens with two attached hydrogens (primary N) is 1. The molecule has 9 heteroatoms. The summed E-state index contributed by atoms with van der Waals surface area (Å²) in [6, 6.07) is -2.28. The van der Waals surface area contributed by atoms with Crippen molar-refractivity contribution < 1.29 is 26.3 Å². The SMILES string of the molecule is N[C@H](C1CCCCC1)C1NC2CC(C(F)(F)F)CC(C(F)(F)F)C2N1. The van der Waals surface area contributed by atoms with Crippen molar-refractivity contribution in [3.8, 4) is 0 Å². The molecule has 1 heterocycles. The van der Waals surface area contributed by atoms with Gasteiger partial charge in [0.05, 0.1) is 18.0 Å². The molecule has 2 saturated carbocycles. The lowest BCUT2D eigenvalue weighted by atomic mass is 9.75. The summed E-state index contributed by atoms with van der Waals surface area (Å²) in [5.74, 6) is -3.74. The Hall–Kier alpha value is -0.540. The zero-order valence-electron chi connectivity index (χ0n) is 13.8. The minimum absolute atomic E-state index is 0.196. The third-order valence-electron chi connectivity index (χ3n) is 6.17. The van der Waals surface area contributed by atoms with Gasteiger partial charge in [0.25, 0.3) is 0 Å². The molecule has 0 spiro atoms. The van der Waals surface area contributed by atoms with E-state index in [1.807, 2.05) is 0 Å². The van der Waals surface area contributed by atoms with Gasteiger partial charge in [-0.25, -0.2) is 0 Å². The first kappa shape index (κ1) is 19.2. The predicted molar refractivity (Wildman–Crippen MR) is 80.5 cm³/mol. The second-order valence-corrected chi connectivity index (χ2v) is 7.78. The van der Waals surface area contributed by atoms with Crippen molar-refractivity contribution >= 4 is 0 Å². The molecular formula is C16H25F6N3. The quantitative estimate of drug-likeness (QED) is 0.651. The van der Waals surface area contributed by atoms with Crippen molar-refractivity contribution in [1.29, 1.82) is 0 Å². The van der Waals surface area contributed by atoms with Gasteiger partial charge in [-0.1, -0.05) is 19.3 Å². The van der Waals surface area contributed by atoms with E-state index in [0.717, 1.165) is 32.1 Å². The van der Waals surface area contributed by atoms with E-state index in [1.165, 1.54) is 0 Å². The Labute approximate surface area is 143 Å². The first-order valence-corrected chi connectivity index (χ1v) is 8.98. The van der Waals surface area contributed by atoms with Crippen molar-refractivity contribution in [2.75, 3.05) is 0 Å². The molecule has 4 N–H and O–H groups in total. The maximum absolute atomic E-state index is 13.4. The van der Waals surface area contributed by atoms with Gasteiger partial charge in [0.2, 0.25) is 0 Å². The van der Waals surface area contributed by atoms with Gasteiger partial charge < -0.3 is 5.73 Å². The van der Waals surface area contributed by atoms with Gasteiger partial charge >= 0.3 is 12.4 Å². The topological polar surface area (TPSA) is 50.1 Å². The van der Waals surface area contributed by atoms with Crippen LogP contribution in [0, 0.1) is 17.8 Å². The lowest BCUT2D eigenvalue weighted by Crippen LogP contribution is -2.54. The van der Waals surface area contributed by atoms with Gasteiger partial charge in [-0.05, 0) is 31.6 Å². The molecule has 25 heavy (non-hydrogen) atoms. The minimum Gasteiger partial charge on any atom is -0.325 e. The molecule has 1 aliphatic heterocycles. The number of hydrogen-bond donors (Lipinski definition) is 3. The maximum atomic E-state index is 13.4. The fourth-order valence-electron chi connectivity index (χ4n) is 4.79. The normalized spacial score (nSPS) is 39.2. The molecule has 0 radical (unpaired) electrons. The number of alkyl halides is 6. The highest BCUT2D eigenvalue weighted by atomic mass is 19.4. The number of hydrogen-bond acceptors (Lipinski definition) is 3. The van der Waals surface area contributed by atoms with Gasteiger partial charge in [0, 0.05) is 18.1 Å². The highest BCUT2D eigenvalue weighted by molar-refractivity contribution is 5.07.